The number of thiophene rings is 1. The highest BCUT2D eigenvalue weighted by Crippen LogP contribution is 2.15. The van der Waals surface area contributed by atoms with Crippen LogP contribution in [0.1, 0.15) is 22.2 Å². The van der Waals surface area contributed by atoms with Crippen molar-refractivity contribution < 1.29 is 14.3 Å². The fourth-order valence-corrected chi connectivity index (χ4v) is 1.99. The molecule has 0 saturated carbocycles. The Morgan fingerprint density at radius 1 is 1.59 bits per heavy atom. The maximum atomic E-state index is 10.6. The first-order valence-corrected chi connectivity index (χ1v) is 5.93. The zero-order valence-corrected chi connectivity index (χ0v) is 10.0. The van der Waals surface area contributed by atoms with E-state index in [-0.39, 0.29) is 6.42 Å². The first-order chi connectivity index (χ1) is 8.15. The van der Waals surface area contributed by atoms with Gasteiger partial charge >= 0.3 is 5.97 Å². The topological polar surface area (TPSA) is 63.3 Å². The lowest BCUT2D eigenvalue weighted by Gasteiger charge is -1.88. The highest BCUT2D eigenvalue weighted by molar-refractivity contribution is 7.10. The highest BCUT2D eigenvalue weighted by atomic mass is 32.1. The minimum absolute atomic E-state index is 0.109. The van der Waals surface area contributed by atoms with Gasteiger partial charge in [0.05, 0.1) is 12.1 Å². The molecule has 1 N–H and O–H groups in total. The maximum Gasteiger partial charge on any atom is 0.309 e. The van der Waals surface area contributed by atoms with Gasteiger partial charge in [0.25, 0.3) is 0 Å². The molecule has 0 saturated heterocycles. The Balaban J connectivity index is 2.15. The van der Waals surface area contributed by atoms with Gasteiger partial charge in [-0.3, -0.25) is 4.79 Å². The van der Waals surface area contributed by atoms with Crippen LogP contribution < -0.4 is 0 Å². The summed E-state index contributed by atoms with van der Waals surface area (Å²) in [5.74, 6) is 0.0839. The van der Waals surface area contributed by atoms with E-state index in [1.807, 2.05) is 23.6 Å². The van der Waals surface area contributed by atoms with Crippen LogP contribution in [0, 0.1) is 6.92 Å². The number of aliphatic carboxylic acids is 1. The van der Waals surface area contributed by atoms with Gasteiger partial charge in [-0.25, -0.2) is 4.98 Å². The van der Waals surface area contributed by atoms with Gasteiger partial charge in [-0.15, -0.1) is 11.3 Å². The Kier molecular flexibility index (Phi) is 3.39. The summed E-state index contributed by atoms with van der Waals surface area (Å²) in [6.45, 7) is 1.72. The van der Waals surface area contributed by atoms with Gasteiger partial charge in [0.15, 0.2) is 0 Å². The van der Waals surface area contributed by atoms with E-state index in [2.05, 4.69) is 4.98 Å². The van der Waals surface area contributed by atoms with E-state index in [0.29, 0.717) is 17.3 Å². The summed E-state index contributed by atoms with van der Waals surface area (Å²) >= 11 is 1.61. The van der Waals surface area contributed by atoms with E-state index in [9.17, 15) is 4.79 Å². The first-order valence-electron chi connectivity index (χ1n) is 5.05. The highest BCUT2D eigenvalue weighted by Gasteiger charge is 2.10. The number of aromatic nitrogens is 1. The van der Waals surface area contributed by atoms with Crippen LogP contribution in [0.4, 0.5) is 0 Å². The molecule has 0 atom stereocenters. The van der Waals surface area contributed by atoms with E-state index in [1.54, 1.807) is 24.3 Å². The monoisotopic (exact) mass is 249 g/mol. The molecule has 0 aliphatic heterocycles. The van der Waals surface area contributed by atoms with E-state index in [1.165, 1.54) is 0 Å². The second kappa shape index (κ2) is 4.97. The smallest absolute Gasteiger partial charge is 0.309 e. The van der Waals surface area contributed by atoms with Gasteiger partial charge in [-0.2, -0.15) is 0 Å². The predicted octanol–water partition coefficient (Wildman–Crippen LogP) is 2.84. The number of hydrogen-bond donors (Lipinski definition) is 1. The Hall–Kier alpha value is -1.88. The normalized spacial score (nSPS) is 11.1. The SMILES string of the molecule is Cc1oc(/C=C/c2cccs2)nc1CC(=O)O. The van der Waals surface area contributed by atoms with Crippen molar-refractivity contribution in [2.45, 2.75) is 13.3 Å². The molecule has 2 heterocycles. The Morgan fingerprint density at radius 2 is 2.41 bits per heavy atom. The molecule has 2 rings (SSSR count). The van der Waals surface area contributed by atoms with Crippen LogP contribution >= 0.6 is 11.3 Å². The molecule has 0 fully saturated rings. The van der Waals surface area contributed by atoms with Crippen LogP contribution in [0.5, 0.6) is 0 Å². The molecule has 0 amide bonds. The van der Waals surface area contributed by atoms with Gasteiger partial charge in [0.1, 0.15) is 5.76 Å². The van der Waals surface area contributed by atoms with Crippen molar-refractivity contribution in [2.24, 2.45) is 0 Å². The second-order valence-corrected chi connectivity index (χ2v) is 4.45. The number of carboxylic acid groups (broad SMARTS) is 1. The third-order valence-electron chi connectivity index (χ3n) is 2.16. The minimum Gasteiger partial charge on any atom is -0.481 e. The van der Waals surface area contributed by atoms with Crippen molar-refractivity contribution in [1.82, 2.24) is 4.98 Å². The van der Waals surface area contributed by atoms with Gasteiger partial charge in [-0.1, -0.05) is 6.07 Å². The summed E-state index contributed by atoms with van der Waals surface area (Å²) in [5, 5.41) is 10.7. The third kappa shape index (κ3) is 3.04. The van der Waals surface area contributed by atoms with Crippen LogP contribution in [0.3, 0.4) is 0 Å². The van der Waals surface area contributed by atoms with Gasteiger partial charge in [0, 0.05) is 11.0 Å². The van der Waals surface area contributed by atoms with Crippen molar-refractivity contribution in [3.63, 3.8) is 0 Å². The van der Waals surface area contributed by atoms with Gasteiger partial charge < -0.3 is 9.52 Å². The summed E-state index contributed by atoms with van der Waals surface area (Å²) in [4.78, 5) is 15.8. The zero-order chi connectivity index (χ0) is 12.3. The summed E-state index contributed by atoms with van der Waals surface area (Å²) < 4.78 is 5.36. The maximum absolute atomic E-state index is 10.6. The number of rotatable bonds is 4. The lowest BCUT2D eigenvalue weighted by atomic mass is 10.3. The van der Waals surface area contributed by atoms with E-state index in [4.69, 9.17) is 9.52 Å². The predicted molar refractivity (Wildman–Crippen MR) is 65.8 cm³/mol. The number of nitrogens with zero attached hydrogens (tertiary/aromatic N) is 1. The number of aryl methyl sites for hydroxylation is 1. The lowest BCUT2D eigenvalue weighted by Crippen LogP contribution is -2.01. The zero-order valence-electron chi connectivity index (χ0n) is 9.21. The Bertz CT molecular complexity index is 540. The summed E-state index contributed by atoms with van der Waals surface area (Å²) in [5.41, 5.74) is 0.475. The number of oxazole rings is 1. The van der Waals surface area contributed by atoms with Crippen molar-refractivity contribution in [3.8, 4) is 0 Å². The summed E-state index contributed by atoms with van der Waals surface area (Å²) in [7, 11) is 0. The fraction of sp³-hybridized carbons (Fsp3) is 0.167. The first kappa shape index (κ1) is 11.6. The molecule has 5 heteroatoms. The number of hydrogen-bond acceptors (Lipinski definition) is 4. The molecule has 0 bridgehead atoms. The average Bonchev–Trinajstić information content (AvgIpc) is 2.86. The quantitative estimate of drug-likeness (QED) is 0.905. The molecule has 4 nitrogen and oxygen atoms in total. The molecule has 0 unspecified atom stereocenters. The average molecular weight is 249 g/mol. The minimum atomic E-state index is -0.907. The standard InChI is InChI=1S/C12H11NO3S/c1-8-10(7-12(14)15)13-11(16-8)5-4-9-3-2-6-17-9/h2-6H,7H2,1H3,(H,14,15)/b5-4+. The molecule has 0 aromatic carbocycles. The van der Waals surface area contributed by atoms with Crippen molar-refractivity contribution in [2.75, 3.05) is 0 Å². The molecule has 0 aliphatic carbocycles. The van der Waals surface area contributed by atoms with E-state index in [0.717, 1.165) is 4.88 Å². The van der Waals surface area contributed by atoms with Crippen molar-refractivity contribution >= 4 is 29.5 Å². The molecule has 17 heavy (non-hydrogen) atoms. The molecular weight excluding hydrogens is 238 g/mol. The van der Waals surface area contributed by atoms with Crippen LogP contribution in [0.2, 0.25) is 0 Å². The molecule has 0 radical (unpaired) electrons. The van der Waals surface area contributed by atoms with Crippen molar-refractivity contribution in [1.29, 1.82) is 0 Å². The van der Waals surface area contributed by atoms with E-state index < -0.39 is 5.97 Å². The largest absolute Gasteiger partial charge is 0.481 e. The van der Waals surface area contributed by atoms with Crippen LogP contribution in [-0.2, 0) is 11.2 Å². The van der Waals surface area contributed by atoms with Crippen molar-refractivity contribution in [3.05, 3.63) is 39.7 Å². The molecule has 88 valence electrons. The number of carbonyl (C=O) groups is 1. The lowest BCUT2D eigenvalue weighted by molar-refractivity contribution is -0.136. The second-order valence-electron chi connectivity index (χ2n) is 3.47. The third-order valence-corrected chi connectivity index (χ3v) is 3.00. The molecular formula is C12H11NO3S. The van der Waals surface area contributed by atoms with Crippen LogP contribution in [0.25, 0.3) is 12.2 Å². The van der Waals surface area contributed by atoms with Gasteiger partial charge in [-0.05, 0) is 24.4 Å². The van der Waals surface area contributed by atoms with Gasteiger partial charge in [0.2, 0.25) is 5.89 Å². The van der Waals surface area contributed by atoms with Crippen LogP contribution in [-0.4, -0.2) is 16.1 Å². The number of carboxylic acids is 1. The molecule has 2 aromatic rings. The summed E-state index contributed by atoms with van der Waals surface area (Å²) in [6, 6.07) is 3.94. The van der Waals surface area contributed by atoms with E-state index >= 15 is 0 Å². The molecule has 0 spiro atoms. The molecule has 0 aliphatic rings. The Morgan fingerprint density at radius 3 is 3.06 bits per heavy atom. The Labute approximate surface area is 102 Å². The fourth-order valence-electron chi connectivity index (χ4n) is 1.37. The summed E-state index contributed by atoms with van der Waals surface area (Å²) in [6.07, 6.45) is 3.52. The van der Waals surface area contributed by atoms with Crippen LogP contribution in [0.15, 0.2) is 21.9 Å². The molecule has 2 aromatic heterocycles.